The minimum Gasteiger partial charge on any atom is -0.368 e. The number of fused-ring (bicyclic) bond motifs is 1. The molecule has 3 amide bonds. The van der Waals surface area contributed by atoms with Crippen molar-refractivity contribution in [2.45, 2.75) is 37.9 Å². The number of piperazine rings is 1. The number of nitrogens with two attached hydrogens (primary N) is 1. The summed E-state index contributed by atoms with van der Waals surface area (Å²) in [5.74, 6) is 0.371. The fourth-order valence-corrected chi connectivity index (χ4v) is 7.86. The molecule has 244 valence electrons. The van der Waals surface area contributed by atoms with Gasteiger partial charge in [0.15, 0.2) is 6.19 Å². The number of nitriles is 1. The molecule has 0 radical (unpaired) electrons. The van der Waals surface area contributed by atoms with Gasteiger partial charge in [0.1, 0.15) is 0 Å². The molecule has 3 aliphatic heterocycles. The number of para-hydroxylation sites is 1. The van der Waals surface area contributed by atoms with Crippen molar-refractivity contribution in [2.24, 2.45) is 10.7 Å². The molecule has 4 N–H and O–H groups in total. The van der Waals surface area contributed by atoms with Crippen LogP contribution in [0.25, 0.3) is 0 Å². The Morgan fingerprint density at radius 3 is 2.40 bits per heavy atom. The minimum atomic E-state index is -0.678. The topological polar surface area (TPSA) is 146 Å². The Hall–Kier alpha value is -4.19. The van der Waals surface area contributed by atoms with E-state index in [1.165, 1.54) is 0 Å². The standard InChI is InChI=1S/C33H36Br2N10O2/c34-26-17-22(19-28(37)31(46)43-15-13-42(14-16-43)24-5-9-38-10-6-24)18-27(35)30(26)41-32(39-21-36)44-11-7-25(8-12-44)45-20-23-3-1-2-4-29(23)40-33(45)47/h1-6,9-10,17-18,25,28H,7-8,11-16,19-20,37H2,(H,39,41)(H,40,47)/t28-/m1/s1. The molecule has 0 bridgehead atoms. The van der Waals surface area contributed by atoms with Crippen molar-refractivity contribution < 1.29 is 9.59 Å². The lowest BCUT2D eigenvalue weighted by Gasteiger charge is -2.41. The van der Waals surface area contributed by atoms with Crippen LogP contribution in [0.3, 0.4) is 0 Å². The predicted octanol–water partition coefficient (Wildman–Crippen LogP) is 4.40. The summed E-state index contributed by atoms with van der Waals surface area (Å²) < 4.78 is 1.42. The second-order valence-electron chi connectivity index (χ2n) is 11.8. The van der Waals surface area contributed by atoms with Crippen LogP contribution < -0.4 is 21.3 Å². The van der Waals surface area contributed by atoms with Crippen molar-refractivity contribution in [1.29, 1.82) is 5.26 Å². The first kappa shape index (κ1) is 32.7. The maximum Gasteiger partial charge on any atom is 0.322 e. The molecule has 47 heavy (non-hydrogen) atoms. The van der Waals surface area contributed by atoms with E-state index in [1.54, 1.807) is 12.4 Å². The summed E-state index contributed by atoms with van der Waals surface area (Å²) in [6.07, 6.45) is 7.43. The Morgan fingerprint density at radius 2 is 1.72 bits per heavy atom. The van der Waals surface area contributed by atoms with Crippen LogP contribution in [0.5, 0.6) is 0 Å². The van der Waals surface area contributed by atoms with Crippen molar-refractivity contribution in [1.82, 2.24) is 25.0 Å². The molecule has 6 rings (SSSR count). The molecule has 1 atom stereocenters. The van der Waals surface area contributed by atoms with Gasteiger partial charge < -0.3 is 30.7 Å². The lowest BCUT2D eigenvalue weighted by atomic mass is 10.0. The monoisotopic (exact) mass is 762 g/mol. The van der Waals surface area contributed by atoms with Gasteiger partial charge in [-0.25, -0.2) is 9.79 Å². The lowest BCUT2D eigenvalue weighted by molar-refractivity contribution is -0.132. The Labute approximate surface area is 290 Å². The number of pyridine rings is 1. The van der Waals surface area contributed by atoms with Crippen LogP contribution in [0.4, 0.5) is 21.9 Å². The number of rotatable bonds is 6. The zero-order chi connectivity index (χ0) is 32.9. The van der Waals surface area contributed by atoms with Crippen molar-refractivity contribution in [3.05, 3.63) is 81.0 Å². The van der Waals surface area contributed by atoms with Gasteiger partial charge in [-0.1, -0.05) is 18.2 Å². The molecule has 1 aromatic heterocycles. The van der Waals surface area contributed by atoms with Gasteiger partial charge in [-0.15, -0.1) is 0 Å². The molecule has 4 heterocycles. The number of benzene rings is 2. The molecule has 14 heteroatoms. The maximum atomic E-state index is 13.2. The van der Waals surface area contributed by atoms with Crippen LogP contribution in [0.15, 0.2) is 74.9 Å². The maximum absolute atomic E-state index is 13.2. The number of guanidine groups is 1. The molecular formula is C33H36Br2N10O2. The normalized spacial score (nSPS) is 17.9. The number of nitrogens with zero attached hydrogens (tertiary/aromatic N) is 7. The smallest absolute Gasteiger partial charge is 0.322 e. The molecule has 0 spiro atoms. The molecule has 2 aromatic carbocycles. The van der Waals surface area contributed by atoms with Gasteiger partial charge in [0.2, 0.25) is 11.9 Å². The summed E-state index contributed by atoms with van der Waals surface area (Å²) in [7, 11) is 0. The van der Waals surface area contributed by atoms with E-state index in [4.69, 9.17) is 10.7 Å². The van der Waals surface area contributed by atoms with Crippen LogP contribution in [-0.4, -0.2) is 88.9 Å². The lowest BCUT2D eigenvalue weighted by Crippen LogP contribution is -2.53. The van der Waals surface area contributed by atoms with Crippen LogP contribution in [0.1, 0.15) is 24.0 Å². The Bertz CT molecular complexity index is 1660. The fourth-order valence-electron chi connectivity index (χ4n) is 6.40. The van der Waals surface area contributed by atoms with Crippen molar-refractivity contribution in [3.8, 4) is 6.19 Å². The molecule has 12 nitrogen and oxygen atoms in total. The van der Waals surface area contributed by atoms with E-state index in [0.717, 1.165) is 48.4 Å². The van der Waals surface area contributed by atoms with E-state index in [1.807, 2.05) is 69.4 Å². The van der Waals surface area contributed by atoms with Gasteiger partial charge in [0, 0.05) is 84.6 Å². The minimum absolute atomic E-state index is 0.0659. The highest BCUT2D eigenvalue weighted by Gasteiger charge is 2.32. The van der Waals surface area contributed by atoms with Crippen LogP contribution in [-0.2, 0) is 17.8 Å². The molecule has 3 aromatic rings. The highest BCUT2D eigenvalue weighted by molar-refractivity contribution is 9.11. The summed E-state index contributed by atoms with van der Waals surface area (Å²) in [6.45, 7) is 4.54. The Morgan fingerprint density at radius 1 is 1.04 bits per heavy atom. The highest BCUT2D eigenvalue weighted by Crippen LogP contribution is 2.36. The predicted molar refractivity (Wildman–Crippen MR) is 188 cm³/mol. The average molecular weight is 765 g/mol. The van der Waals surface area contributed by atoms with E-state index in [2.05, 4.69) is 52.4 Å². The summed E-state index contributed by atoms with van der Waals surface area (Å²) in [5, 5.41) is 15.3. The number of carbonyl (C=O) groups is 2. The van der Waals surface area contributed by atoms with Gasteiger partial charge in [0.25, 0.3) is 0 Å². The average Bonchev–Trinajstić information content (AvgIpc) is 3.09. The third kappa shape index (κ3) is 7.53. The van der Waals surface area contributed by atoms with Gasteiger partial charge in [-0.05, 0) is 92.6 Å². The van der Waals surface area contributed by atoms with Crippen molar-refractivity contribution >= 4 is 66.8 Å². The number of piperidine rings is 1. The summed E-state index contributed by atoms with van der Waals surface area (Å²) >= 11 is 7.30. The molecule has 2 saturated heterocycles. The number of likely N-dealkylation sites (tertiary alicyclic amines) is 1. The molecule has 0 saturated carbocycles. The van der Waals surface area contributed by atoms with Gasteiger partial charge in [0.05, 0.1) is 11.7 Å². The first-order chi connectivity index (χ1) is 22.8. The number of amides is 3. The number of hydrogen-bond donors (Lipinski definition) is 3. The zero-order valence-corrected chi connectivity index (χ0v) is 29.0. The van der Waals surface area contributed by atoms with Gasteiger partial charge >= 0.3 is 6.03 Å². The number of anilines is 2. The third-order valence-electron chi connectivity index (χ3n) is 8.92. The van der Waals surface area contributed by atoms with Gasteiger partial charge in [-0.2, -0.15) is 5.26 Å². The molecular weight excluding hydrogens is 728 g/mol. The fraction of sp³-hybridized carbons (Fsp3) is 0.364. The van der Waals surface area contributed by atoms with E-state index < -0.39 is 6.04 Å². The van der Waals surface area contributed by atoms with Crippen LogP contribution in [0.2, 0.25) is 0 Å². The number of aliphatic imine (C=N–C) groups is 1. The number of hydrogen-bond acceptors (Lipinski definition) is 7. The summed E-state index contributed by atoms with van der Waals surface area (Å²) in [5.41, 5.74) is 11.0. The number of halogens is 2. The van der Waals surface area contributed by atoms with E-state index in [9.17, 15) is 14.9 Å². The van der Waals surface area contributed by atoms with Crippen molar-refractivity contribution in [2.75, 3.05) is 49.5 Å². The summed E-state index contributed by atoms with van der Waals surface area (Å²) in [6, 6.07) is 15.0. The van der Waals surface area contributed by atoms with E-state index in [-0.39, 0.29) is 18.0 Å². The first-order valence-corrected chi connectivity index (χ1v) is 17.2. The second-order valence-corrected chi connectivity index (χ2v) is 13.6. The SMILES string of the molecule is N#CNC(=Nc1c(Br)cc(C[C@@H](N)C(=O)N2CCN(c3ccncc3)CC2)cc1Br)N1CCC(N2Cc3ccccc3NC2=O)CC1. The number of aromatic nitrogens is 1. The largest absolute Gasteiger partial charge is 0.368 e. The highest BCUT2D eigenvalue weighted by atomic mass is 79.9. The number of nitrogens with one attached hydrogen (secondary N) is 2. The number of urea groups is 1. The summed E-state index contributed by atoms with van der Waals surface area (Å²) in [4.78, 5) is 43.0. The molecule has 0 aliphatic carbocycles. The van der Waals surface area contributed by atoms with Crippen LogP contribution in [0, 0.1) is 11.5 Å². The molecule has 2 fully saturated rings. The van der Waals surface area contributed by atoms with E-state index in [0.29, 0.717) is 59.7 Å². The van der Waals surface area contributed by atoms with Crippen LogP contribution >= 0.6 is 31.9 Å². The molecule has 3 aliphatic rings. The Balaban J connectivity index is 1.07. The Kier molecular flexibility index (Phi) is 10.2. The quantitative estimate of drug-likeness (QED) is 0.145. The first-order valence-electron chi connectivity index (χ1n) is 15.6. The third-order valence-corrected chi connectivity index (χ3v) is 10.1. The van der Waals surface area contributed by atoms with E-state index >= 15 is 0 Å². The number of carbonyl (C=O) groups excluding carboxylic acids is 2. The van der Waals surface area contributed by atoms with Gasteiger partial charge in [-0.3, -0.25) is 15.1 Å². The second kappa shape index (κ2) is 14.7. The molecule has 0 unspecified atom stereocenters. The zero-order valence-electron chi connectivity index (χ0n) is 25.8. The van der Waals surface area contributed by atoms with Crippen molar-refractivity contribution in [3.63, 3.8) is 0 Å².